The number of aliphatic hydroxyl groups is 3. The van der Waals surface area contributed by atoms with Crippen LogP contribution in [0.5, 0.6) is 0 Å². The van der Waals surface area contributed by atoms with Crippen molar-refractivity contribution in [2.24, 2.45) is 16.7 Å². The van der Waals surface area contributed by atoms with Crippen molar-refractivity contribution in [2.75, 3.05) is 4.43 Å². The molecule has 27 heavy (non-hydrogen) atoms. The van der Waals surface area contributed by atoms with Crippen LogP contribution in [0.25, 0.3) is 0 Å². The Kier molecular flexibility index (Phi) is 5.31. The standard InChI is InChI=1S/C20H35IO5Si/c1-17(2,3)27(5,6)26-16-13(22)7-8-18(4)19(25)9-12(11-21)20(16,18)15(24)14(23)10-19/h12-13,15-16,22,24-25H,7-11H2,1-6H3/t12-,13+,15+,16-,18+,19+,20+/m1/s1. The first-order valence-corrected chi connectivity index (χ1v) is 14.5. The van der Waals surface area contributed by atoms with Crippen LogP contribution in [-0.4, -0.2) is 57.8 Å². The summed E-state index contributed by atoms with van der Waals surface area (Å²) in [4.78, 5) is 12.8. The van der Waals surface area contributed by atoms with Crippen molar-refractivity contribution in [3.63, 3.8) is 0 Å². The number of ketones is 1. The second-order valence-electron chi connectivity index (χ2n) is 10.8. The third-order valence-electron chi connectivity index (χ3n) is 8.64. The molecule has 3 rings (SSSR count). The highest BCUT2D eigenvalue weighted by atomic mass is 127. The number of hydrogen-bond donors (Lipinski definition) is 3. The Hall–Kier alpha value is 0.457. The largest absolute Gasteiger partial charge is 0.411 e. The van der Waals surface area contributed by atoms with Crippen molar-refractivity contribution in [1.29, 1.82) is 0 Å². The van der Waals surface area contributed by atoms with Crippen LogP contribution in [0.2, 0.25) is 18.1 Å². The van der Waals surface area contributed by atoms with Crippen molar-refractivity contribution in [1.82, 2.24) is 0 Å². The zero-order valence-electron chi connectivity index (χ0n) is 17.4. The van der Waals surface area contributed by atoms with Gasteiger partial charge >= 0.3 is 0 Å². The summed E-state index contributed by atoms with van der Waals surface area (Å²) >= 11 is 2.29. The predicted octanol–water partition coefficient (Wildman–Crippen LogP) is 3.04. The maximum absolute atomic E-state index is 12.8. The van der Waals surface area contributed by atoms with Gasteiger partial charge in [0.05, 0.1) is 17.8 Å². The van der Waals surface area contributed by atoms with Crippen LogP contribution in [0.15, 0.2) is 0 Å². The van der Waals surface area contributed by atoms with Crippen LogP contribution < -0.4 is 0 Å². The van der Waals surface area contributed by atoms with E-state index in [1.807, 2.05) is 6.92 Å². The SMILES string of the molecule is CC(C)(C)[Si](C)(C)O[C@@H]1[C@@H](O)CC[C@@]2(C)[C@@]3(O)CC(=O)[C@H](O)[C@@]12[C@@H](CI)C3. The highest BCUT2D eigenvalue weighted by Crippen LogP contribution is 2.73. The fourth-order valence-electron chi connectivity index (χ4n) is 6.01. The second-order valence-corrected chi connectivity index (χ2v) is 16.4. The minimum atomic E-state index is -2.27. The first-order chi connectivity index (χ1) is 12.2. The lowest BCUT2D eigenvalue weighted by Gasteiger charge is -2.63. The van der Waals surface area contributed by atoms with Crippen molar-refractivity contribution < 1.29 is 24.5 Å². The molecule has 3 saturated carbocycles. The Bertz CT molecular complexity index is 634. The maximum Gasteiger partial charge on any atom is 0.192 e. The first kappa shape index (κ1) is 22.1. The van der Waals surface area contributed by atoms with Crippen molar-refractivity contribution in [2.45, 2.75) is 95.4 Å². The van der Waals surface area contributed by atoms with Crippen LogP contribution >= 0.6 is 22.6 Å². The van der Waals surface area contributed by atoms with Crippen LogP contribution in [0, 0.1) is 16.7 Å². The summed E-state index contributed by atoms with van der Waals surface area (Å²) < 4.78 is 7.48. The smallest absolute Gasteiger partial charge is 0.192 e. The van der Waals surface area contributed by atoms with Gasteiger partial charge in [-0.05, 0) is 43.3 Å². The summed E-state index contributed by atoms with van der Waals surface area (Å²) in [5.74, 6) is -0.375. The van der Waals surface area contributed by atoms with E-state index in [-0.39, 0.29) is 23.2 Å². The van der Waals surface area contributed by atoms with Gasteiger partial charge in [-0.25, -0.2) is 0 Å². The fourth-order valence-corrected chi connectivity index (χ4v) is 8.39. The topological polar surface area (TPSA) is 87.0 Å². The molecule has 0 spiro atoms. The Morgan fingerprint density at radius 2 is 1.89 bits per heavy atom. The van der Waals surface area contributed by atoms with Gasteiger partial charge in [0.2, 0.25) is 0 Å². The van der Waals surface area contributed by atoms with Crippen LogP contribution in [0.1, 0.15) is 53.4 Å². The quantitative estimate of drug-likeness (QED) is 0.309. The molecule has 0 aliphatic heterocycles. The molecule has 2 bridgehead atoms. The molecule has 0 amide bonds. The van der Waals surface area contributed by atoms with Gasteiger partial charge in [0.1, 0.15) is 6.10 Å². The summed E-state index contributed by atoms with van der Waals surface area (Å²) in [6, 6.07) is 0. The zero-order valence-corrected chi connectivity index (χ0v) is 20.5. The lowest BCUT2D eigenvalue weighted by Crippen LogP contribution is -2.73. The third-order valence-corrected chi connectivity index (χ3v) is 14.2. The van der Waals surface area contributed by atoms with Crippen molar-refractivity contribution in [3.8, 4) is 0 Å². The van der Waals surface area contributed by atoms with Gasteiger partial charge in [-0.3, -0.25) is 4.79 Å². The van der Waals surface area contributed by atoms with Crippen LogP contribution in [-0.2, 0) is 9.22 Å². The molecular weight excluding hydrogens is 475 g/mol. The average Bonchev–Trinajstić information content (AvgIpc) is 2.68. The van der Waals surface area contributed by atoms with Gasteiger partial charge in [-0.15, -0.1) is 0 Å². The molecule has 0 aromatic carbocycles. The van der Waals surface area contributed by atoms with Gasteiger partial charge in [-0.1, -0.05) is 50.3 Å². The average molecular weight is 510 g/mol. The summed E-state index contributed by atoms with van der Waals surface area (Å²) in [6.07, 6.45) is -0.962. The van der Waals surface area contributed by atoms with E-state index in [2.05, 4.69) is 56.5 Å². The van der Waals surface area contributed by atoms with E-state index < -0.39 is 43.1 Å². The Morgan fingerprint density at radius 1 is 1.30 bits per heavy atom. The zero-order chi connectivity index (χ0) is 20.6. The maximum atomic E-state index is 12.8. The molecular formula is C20H35IO5Si. The highest BCUT2D eigenvalue weighted by Gasteiger charge is 2.79. The molecule has 7 heteroatoms. The molecule has 156 valence electrons. The van der Waals surface area contributed by atoms with Gasteiger partial charge < -0.3 is 19.7 Å². The van der Waals surface area contributed by atoms with E-state index in [0.717, 1.165) is 0 Å². The summed E-state index contributed by atoms with van der Waals surface area (Å²) in [5.41, 5.74) is -2.71. The number of Topliss-reactive ketones (excluding diaryl/α,β-unsaturated/α-hetero) is 1. The molecule has 0 radical (unpaired) electrons. The number of carbonyl (C=O) groups excluding carboxylic acids is 1. The number of alkyl halides is 1. The number of aliphatic hydroxyl groups excluding tert-OH is 2. The molecule has 0 unspecified atom stereocenters. The number of hydrogen-bond acceptors (Lipinski definition) is 5. The lowest BCUT2D eigenvalue weighted by atomic mass is 9.45. The molecule has 3 fully saturated rings. The highest BCUT2D eigenvalue weighted by molar-refractivity contribution is 14.1. The fraction of sp³-hybridized carbons (Fsp3) is 0.950. The van der Waals surface area contributed by atoms with Gasteiger partial charge in [0, 0.05) is 21.7 Å². The molecule has 3 aliphatic carbocycles. The summed E-state index contributed by atoms with van der Waals surface area (Å²) in [5, 5.41) is 33.8. The number of carbonyl (C=O) groups is 1. The number of halogens is 1. The minimum Gasteiger partial charge on any atom is -0.411 e. The molecule has 3 N–H and O–H groups in total. The van der Waals surface area contributed by atoms with Crippen LogP contribution in [0.4, 0.5) is 0 Å². The Labute approximate surface area is 177 Å². The minimum absolute atomic E-state index is 0.00244. The molecule has 7 atom stereocenters. The molecule has 5 nitrogen and oxygen atoms in total. The Balaban J connectivity index is 2.20. The lowest BCUT2D eigenvalue weighted by molar-refractivity contribution is -0.248. The van der Waals surface area contributed by atoms with Crippen molar-refractivity contribution >= 4 is 36.7 Å². The van der Waals surface area contributed by atoms with Gasteiger partial charge in [0.25, 0.3) is 0 Å². The van der Waals surface area contributed by atoms with E-state index in [4.69, 9.17) is 4.43 Å². The van der Waals surface area contributed by atoms with Crippen LogP contribution in [0.3, 0.4) is 0 Å². The van der Waals surface area contributed by atoms with Gasteiger partial charge in [-0.2, -0.15) is 0 Å². The van der Waals surface area contributed by atoms with Gasteiger partial charge in [0.15, 0.2) is 14.1 Å². The molecule has 0 heterocycles. The van der Waals surface area contributed by atoms with E-state index in [0.29, 0.717) is 23.7 Å². The first-order valence-electron chi connectivity index (χ1n) is 10.0. The predicted molar refractivity (Wildman–Crippen MR) is 115 cm³/mol. The Morgan fingerprint density at radius 3 is 2.41 bits per heavy atom. The van der Waals surface area contributed by atoms with E-state index in [9.17, 15) is 20.1 Å². The molecule has 0 saturated heterocycles. The van der Waals surface area contributed by atoms with E-state index in [1.54, 1.807) is 0 Å². The van der Waals surface area contributed by atoms with E-state index >= 15 is 0 Å². The third kappa shape index (κ3) is 2.71. The molecule has 3 aliphatic rings. The monoisotopic (exact) mass is 510 g/mol. The summed E-state index contributed by atoms with van der Waals surface area (Å²) in [7, 11) is -2.27. The van der Waals surface area contributed by atoms with Crippen molar-refractivity contribution in [3.05, 3.63) is 0 Å². The van der Waals surface area contributed by atoms with E-state index in [1.165, 1.54) is 0 Å². The second kappa shape index (κ2) is 6.48. The summed E-state index contributed by atoms with van der Waals surface area (Å²) in [6.45, 7) is 12.7. The number of rotatable bonds is 3. The normalized spacial score (nSPS) is 47.9. The molecule has 0 aromatic heterocycles. The molecule has 0 aromatic rings.